The molecule has 2 saturated heterocycles. The van der Waals surface area contributed by atoms with E-state index in [2.05, 4.69) is 20.5 Å². The standard InChI is InChI=1S/C17H32F3N5.HI/c1-2-21-16(22-8-3-4-9-24-10-5-6-11-24)23-15-7-12-25(13-15)14-17(18,19)20;/h15H,2-14H2,1H3,(H2,21,22,23);1H. The Balaban J connectivity index is 0.00000338. The van der Waals surface area contributed by atoms with E-state index >= 15 is 0 Å². The lowest BCUT2D eigenvalue weighted by Crippen LogP contribution is -2.45. The van der Waals surface area contributed by atoms with Gasteiger partial charge in [0.1, 0.15) is 0 Å². The van der Waals surface area contributed by atoms with E-state index in [0.29, 0.717) is 13.1 Å². The molecule has 0 aromatic rings. The van der Waals surface area contributed by atoms with E-state index in [0.717, 1.165) is 44.9 Å². The number of hydrogen-bond donors (Lipinski definition) is 2. The molecular formula is C17H33F3IN5. The van der Waals surface area contributed by atoms with E-state index in [9.17, 15) is 13.2 Å². The Kier molecular flexibility index (Phi) is 11.2. The second-order valence-electron chi connectivity index (χ2n) is 7.00. The second kappa shape index (κ2) is 12.2. The van der Waals surface area contributed by atoms with Crippen LogP contribution in [0.3, 0.4) is 0 Å². The van der Waals surface area contributed by atoms with Crippen LogP contribution < -0.4 is 10.6 Å². The highest BCUT2D eigenvalue weighted by molar-refractivity contribution is 14.0. The largest absolute Gasteiger partial charge is 0.401 e. The van der Waals surface area contributed by atoms with Gasteiger partial charge in [0.2, 0.25) is 0 Å². The van der Waals surface area contributed by atoms with Crippen molar-refractivity contribution in [3.63, 3.8) is 0 Å². The van der Waals surface area contributed by atoms with Crippen LogP contribution >= 0.6 is 24.0 Å². The number of rotatable bonds is 8. The van der Waals surface area contributed by atoms with Crippen molar-refractivity contribution in [3.8, 4) is 0 Å². The molecule has 1 unspecified atom stereocenters. The summed E-state index contributed by atoms with van der Waals surface area (Å²) in [7, 11) is 0. The average molecular weight is 491 g/mol. The topological polar surface area (TPSA) is 42.9 Å². The monoisotopic (exact) mass is 491 g/mol. The van der Waals surface area contributed by atoms with Gasteiger partial charge in [0, 0.05) is 32.2 Å². The van der Waals surface area contributed by atoms with Crippen LogP contribution in [0.1, 0.15) is 39.0 Å². The number of aliphatic imine (C=N–C) groups is 1. The van der Waals surface area contributed by atoms with Crippen molar-refractivity contribution in [2.75, 3.05) is 52.4 Å². The first-order valence-electron chi connectivity index (χ1n) is 9.52. The van der Waals surface area contributed by atoms with E-state index in [4.69, 9.17) is 0 Å². The number of likely N-dealkylation sites (tertiary alicyclic amines) is 2. The number of halogens is 4. The van der Waals surface area contributed by atoms with Crippen LogP contribution in [0.25, 0.3) is 0 Å². The Labute approximate surface area is 172 Å². The molecule has 0 amide bonds. The fourth-order valence-corrected chi connectivity index (χ4v) is 3.51. The van der Waals surface area contributed by atoms with Gasteiger partial charge in [-0.25, -0.2) is 0 Å². The molecule has 1 atom stereocenters. The molecule has 26 heavy (non-hydrogen) atoms. The predicted molar refractivity (Wildman–Crippen MR) is 110 cm³/mol. The molecule has 0 radical (unpaired) electrons. The fraction of sp³-hybridized carbons (Fsp3) is 0.941. The number of guanidine groups is 1. The molecule has 2 heterocycles. The fourth-order valence-electron chi connectivity index (χ4n) is 3.51. The molecule has 2 N–H and O–H groups in total. The van der Waals surface area contributed by atoms with Crippen molar-refractivity contribution in [2.24, 2.45) is 4.99 Å². The van der Waals surface area contributed by atoms with Gasteiger partial charge in [0.15, 0.2) is 5.96 Å². The minimum Gasteiger partial charge on any atom is -0.357 e. The molecule has 5 nitrogen and oxygen atoms in total. The van der Waals surface area contributed by atoms with Crippen molar-refractivity contribution in [1.29, 1.82) is 0 Å². The molecule has 2 aliphatic heterocycles. The maximum Gasteiger partial charge on any atom is 0.401 e. The predicted octanol–water partition coefficient (Wildman–Crippen LogP) is 2.67. The summed E-state index contributed by atoms with van der Waals surface area (Å²) in [6.45, 7) is 7.16. The summed E-state index contributed by atoms with van der Waals surface area (Å²) in [5.41, 5.74) is 0. The van der Waals surface area contributed by atoms with Crippen molar-refractivity contribution < 1.29 is 13.2 Å². The molecule has 0 bridgehead atoms. The van der Waals surface area contributed by atoms with Gasteiger partial charge in [-0.15, -0.1) is 24.0 Å². The van der Waals surface area contributed by atoms with Crippen LogP contribution in [-0.2, 0) is 0 Å². The minimum atomic E-state index is -4.12. The lowest BCUT2D eigenvalue weighted by molar-refractivity contribution is -0.143. The first-order chi connectivity index (χ1) is 12.0. The minimum absolute atomic E-state index is 0. The summed E-state index contributed by atoms with van der Waals surface area (Å²) in [4.78, 5) is 8.53. The quantitative estimate of drug-likeness (QED) is 0.237. The summed E-state index contributed by atoms with van der Waals surface area (Å²) in [5.74, 6) is 0.725. The van der Waals surface area contributed by atoms with Gasteiger partial charge >= 0.3 is 6.18 Å². The van der Waals surface area contributed by atoms with E-state index in [-0.39, 0.29) is 30.0 Å². The molecule has 0 aromatic carbocycles. The molecule has 2 fully saturated rings. The number of alkyl halides is 3. The van der Waals surface area contributed by atoms with Gasteiger partial charge in [-0.1, -0.05) is 0 Å². The van der Waals surface area contributed by atoms with Gasteiger partial charge in [-0.3, -0.25) is 9.89 Å². The van der Waals surface area contributed by atoms with Gasteiger partial charge in [0.25, 0.3) is 0 Å². The van der Waals surface area contributed by atoms with E-state index in [1.165, 1.54) is 30.8 Å². The Morgan fingerprint density at radius 3 is 2.50 bits per heavy atom. The zero-order chi connectivity index (χ0) is 18.1. The van der Waals surface area contributed by atoms with Crippen LogP contribution in [0.4, 0.5) is 13.2 Å². The van der Waals surface area contributed by atoms with E-state index in [1.807, 2.05) is 6.92 Å². The van der Waals surface area contributed by atoms with Crippen molar-refractivity contribution in [1.82, 2.24) is 20.4 Å². The highest BCUT2D eigenvalue weighted by Crippen LogP contribution is 2.19. The first kappa shape index (κ1) is 23.7. The van der Waals surface area contributed by atoms with Crippen molar-refractivity contribution in [2.45, 2.75) is 51.2 Å². The Bertz CT molecular complexity index is 414. The van der Waals surface area contributed by atoms with Crippen LogP contribution in [-0.4, -0.2) is 80.3 Å². The summed E-state index contributed by atoms with van der Waals surface area (Å²) in [6.07, 6.45) is 1.42. The van der Waals surface area contributed by atoms with Crippen LogP contribution in [0.15, 0.2) is 4.99 Å². The summed E-state index contributed by atoms with van der Waals surface area (Å²) < 4.78 is 37.4. The third-order valence-corrected chi connectivity index (χ3v) is 4.71. The second-order valence-corrected chi connectivity index (χ2v) is 7.00. The number of unbranched alkanes of at least 4 members (excludes halogenated alkanes) is 1. The van der Waals surface area contributed by atoms with Gasteiger partial charge in [-0.2, -0.15) is 13.2 Å². The Hall–Kier alpha value is -0.290. The molecule has 2 aliphatic rings. The summed E-state index contributed by atoms with van der Waals surface area (Å²) >= 11 is 0. The number of nitrogens with one attached hydrogen (secondary N) is 2. The Morgan fingerprint density at radius 1 is 1.12 bits per heavy atom. The number of nitrogens with zero attached hydrogens (tertiary/aromatic N) is 3. The van der Waals surface area contributed by atoms with Crippen LogP contribution in [0.5, 0.6) is 0 Å². The molecular weight excluding hydrogens is 458 g/mol. The highest BCUT2D eigenvalue weighted by Gasteiger charge is 2.34. The van der Waals surface area contributed by atoms with Crippen LogP contribution in [0, 0.1) is 0 Å². The van der Waals surface area contributed by atoms with Crippen molar-refractivity contribution in [3.05, 3.63) is 0 Å². The maximum absolute atomic E-state index is 12.5. The Morgan fingerprint density at radius 2 is 1.85 bits per heavy atom. The van der Waals surface area contributed by atoms with Crippen molar-refractivity contribution >= 4 is 29.9 Å². The lowest BCUT2D eigenvalue weighted by atomic mass is 10.3. The zero-order valence-electron chi connectivity index (χ0n) is 15.7. The number of hydrogen-bond acceptors (Lipinski definition) is 3. The molecule has 0 aromatic heterocycles. The van der Waals surface area contributed by atoms with Crippen LogP contribution in [0.2, 0.25) is 0 Å². The molecule has 0 aliphatic carbocycles. The molecule has 9 heteroatoms. The lowest BCUT2D eigenvalue weighted by Gasteiger charge is -2.19. The normalized spacial score (nSPS) is 22.5. The van der Waals surface area contributed by atoms with E-state index < -0.39 is 12.7 Å². The summed E-state index contributed by atoms with van der Waals surface area (Å²) in [6, 6.07) is 0.0322. The SMILES string of the molecule is CCNC(=NCCCCN1CCCC1)NC1CCN(CC(F)(F)F)C1.I. The maximum atomic E-state index is 12.5. The molecule has 0 saturated carbocycles. The molecule has 2 rings (SSSR count). The average Bonchev–Trinajstić information content (AvgIpc) is 3.17. The third kappa shape index (κ3) is 9.59. The third-order valence-electron chi connectivity index (χ3n) is 4.71. The molecule has 154 valence electrons. The van der Waals surface area contributed by atoms with Gasteiger partial charge in [-0.05, 0) is 58.7 Å². The molecule has 0 spiro atoms. The summed E-state index contributed by atoms with van der Waals surface area (Å²) in [5, 5.41) is 6.48. The zero-order valence-corrected chi connectivity index (χ0v) is 18.0. The van der Waals surface area contributed by atoms with E-state index in [1.54, 1.807) is 0 Å². The highest BCUT2D eigenvalue weighted by atomic mass is 127. The van der Waals surface area contributed by atoms with Gasteiger partial charge < -0.3 is 15.5 Å². The van der Waals surface area contributed by atoms with Gasteiger partial charge in [0.05, 0.1) is 6.54 Å². The first-order valence-corrected chi connectivity index (χ1v) is 9.52. The smallest absolute Gasteiger partial charge is 0.357 e.